The summed E-state index contributed by atoms with van der Waals surface area (Å²) in [6, 6.07) is 8.91. The lowest BCUT2D eigenvalue weighted by Crippen LogP contribution is -2.51. The number of Topliss-reactive ketones (excluding diaryl/α,β-unsaturated/α-hetero) is 1. The van der Waals surface area contributed by atoms with Crippen molar-refractivity contribution in [1.82, 2.24) is 4.90 Å². The molecular weight excluding hydrogens is 266 g/mol. The first-order valence-electron chi connectivity index (χ1n) is 7.29. The van der Waals surface area contributed by atoms with E-state index in [0.29, 0.717) is 6.42 Å². The molecule has 1 aromatic rings. The molecule has 114 valence electrons. The number of amides is 1. The third kappa shape index (κ3) is 3.14. The third-order valence-electron chi connectivity index (χ3n) is 4.49. The number of nitrogens with two attached hydrogens (primary N) is 2. The van der Waals surface area contributed by atoms with Crippen molar-refractivity contribution in [3.8, 4) is 0 Å². The number of hydrogen-bond donors (Lipinski definition) is 2. The molecule has 1 fully saturated rings. The Hall–Kier alpha value is -1.72. The van der Waals surface area contributed by atoms with Gasteiger partial charge in [0.05, 0.1) is 12.1 Å². The number of carbonyl (C=O) groups excluding carboxylic acids is 2. The van der Waals surface area contributed by atoms with Gasteiger partial charge in [0.1, 0.15) is 5.78 Å². The van der Waals surface area contributed by atoms with Gasteiger partial charge in [0.2, 0.25) is 5.91 Å². The second kappa shape index (κ2) is 6.37. The molecule has 1 unspecified atom stereocenters. The van der Waals surface area contributed by atoms with E-state index < -0.39 is 18.0 Å². The van der Waals surface area contributed by atoms with E-state index in [2.05, 4.69) is 4.90 Å². The fourth-order valence-electron chi connectivity index (χ4n) is 3.25. The van der Waals surface area contributed by atoms with Crippen molar-refractivity contribution in [2.75, 3.05) is 6.54 Å². The maximum Gasteiger partial charge on any atom is 0.235 e. The summed E-state index contributed by atoms with van der Waals surface area (Å²) >= 11 is 0. The molecule has 0 radical (unpaired) electrons. The van der Waals surface area contributed by atoms with Crippen LogP contribution < -0.4 is 11.5 Å². The Morgan fingerprint density at radius 1 is 1.29 bits per heavy atom. The van der Waals surface area contributed by atoms with Gasteiger partial charge < -0.3 is 11.5 Å². The number of likely N-dealkylation sites (tertiary alicyclic amines) is 1. The van der Waals surface area contributed by atoms with E-state index in [1.165, 1.54) is 6.92 Å². The second-order valence-corrected chi connectivity index (χ2v) is 5.76. The highest BCUT2D eigenvalue weighted by atomic mass is 16.1. The lowest BCUT2D eigenvalue weighted by molar-refractivity contribution is -0.125. The Labute approximate surface area is 125 Å². The van der Waals surface area contributed by atoms with Crippen molar-refractivity contribution in [2.45, 2.75) is 38.4 Å². The molecular formula is C16H23N3O2. The summed E-state index contributed by atoms with van der Waals surface area (Å²) in [6.07, 6.45) is 0.714. The van der Waals surface area contributed by atoms with Crippen molar-refractivity contribution in [3.05, 3.63) is 35.9 Å². The Balaban J connectivity index is 2.24. The highest BCUT2D eigenvalue weighted by molar-refractivity contribution is 5.85. The van der Waals surface area contributed by atoms with Crippen molar-refractivity contribution >= 4 is 11.7 Å². The third-order valence-corrected chi connectivity index (χ3v) is 4.49. The molecule has 0 saturated carbocycles. The smallest absolute Gasteiger partial charge is 0.235 e. The van der Waals surface area contributed by atoms with Crippen LogP contribution in [0.1, 0.15) is 31.9 Å². The minimum absolute atomic E-state index is 0.0628. The van der Waals surface area contributed by atoms with E-state index >= 15 is 0 Å². The van der Waals surface area contributed by atoms with Crippen molar-refractivity contribution < 1.29 is 9.59 Å². The highest BCUT2D eigenvalue weighted by Crippen LogP contribution is 2.34. The zero-order valence-electron chi connectivity index (χ0n) is 12.5. The summed E-state index contributed by atoms with van der Waals surface area (Å²) in [4.78, 5) is 25.5. The van der Waals surface area contributed by atoms with Gasteiger partial charge in [-0.15, -0.1) is 0 Å². The van der Waals surface area contributed by atoms with E-state index in [-0.39, 0.29) is 17.7 Å². The summed E-state index contributed by atoms with van der Waals surface area (Å²) in [7, 11) is 0. The Bertz CT molecular complexity index is 518. The van der Waals surface area contributed by atoms with Gasteiger partial charge in [0.25, 0.3) is 0 Å². The maximum atomic E-state index is 11.9. The molecule has 1 aliphatic heterocycles. The summed E-state index contributed by atoms with van der Waals surface area (Å²) in [5, 5.41) is 0. The van der Waals surface area contributed by atoms with Gasteiger partial charge in [-0.2, -0.15) is 0 Å². The van der Waals surface area contributed by atoms with Crippen LogP contribution in [0.3, 0.4) is 0 Å². The first kappa shape index (κ1) is 15.7. The number of benzene rings is 1. The van der Waals surface area contributed by atoms with Crippen LogP contribution >= 0.6 is 0 Å². The van der Waals surface area contributed by atoms with Crippen LogP contribution in [0.25, 0.3) is 0 Å². The predicted molar refractivity (Wildman–Crippen MR) is 81.3 cm³/mol. The molecule has 5 heteroatoms. The number of carbonyl (C=O) groups is 2. The Morgan fingerprint density at radius 2 is 1.90 bits per heavy atom. The Morgan fingerprint density at radius 3 is 2.43 bits per heavy atom. The van der Waals surface area contributed by atoms with Gasteiger partial charge in [-0.05, 0) is 32.4 Å². The average molecular weight is 289 g/mol. The van der Waals surface area contributed by atoms with E-state index in [0.717, 1.165) is 12.1 Å². The zero-order chi connectivity index (χ0) is 15.6. The second-order valence-electron chi connectivity index (χ2n) is 5.76. The monoisotopic (exact) mass is 289 g/mol. The van der Waals surface area contributed by atoms with E-state index in [4.69, 9.17) is 11.5 Å². The van der Waals surface area contributed by atoms with Crippen LogP contribution in [-0.4, -0.2) is 35.2 Å². The van der Waals surface area contributed by atoms with Crippen molar-refractivity contribution in [1.29, 1.82) is 0 Å². The fourth-order valence-corrected chi connectivity index (χ4v) is 3.25. The molecule has 2 rings (SSSR count). The first-order valence-corrected chi connectivity index (χ1v) is 7.29. The predicted octanol–water partition coefficient (Wildman–Crippen LogP) is 0.840. The maximum absolute atomic E-state index is 11.9. The van der Waals surface area contributed by atoms with Gasteiger partial charge in [-0.3, -0.25) is 14.5 Å². The molecule has 1 saturated heterocycles. The molecule has 0 spiro atoms. The van der Waals surface area contributed by atoms with Crippen LogP contribution in [0, 0.1) is 5.92 Å². The molecule has 5 nitrogen and oxygen atoms in total. The normalized spacial score (nSPS) is 25.5. The standard InChI is InChI=1S/C16H23N3O2/c1-10(12-6-4-3-5-7-12)19-9-8-13(14(17)11(2)20)15(19)16(18)21/h3-7,10,13-15H,8-9,17H2,1-2H3,(H2,18,21)/t10-,13-,14?,15-/m0/s1. The van der Waals surface area contributed by atoms with Crippen LogP contribution in [-0.2, 0) is 9.59 Å². The van der Waals surface area contributed by atoms with Gasteiger partial charge in [0.15, 0.2) is 0 Å². The number of primary amides is 1. The largest absolute Gasteiger partial charge is 0.368 e. The number of nitrogens with zero attached hydrogens (tertiary/aromatic N) is 1. The van der Waals surface area contributed by atoms with E-state index in [9.17, 15) is 9.59 Å². The minimum atomic E-state index is -0.629. The molecule has 1 aliphatic rings. The number of rotatable bonds is 5. The minimum Gasteiger partial charge on any atom is -0.368 e. The molecule has 0 bridgehead atoms. The Kier molecular flexibility index (Phi) is 4.75. The van der Waals surface area contributed by atoms with Crippen LogP contribution in [0.2, 0.25) is 0 Å². The van der Waals surface area contributed by atoms with E-state index in [1.54, 1.807) is 0 Å². The summed E-state index contributed by atoms with van der Waals surface area (Å²) < 4.78 is 0. The molecule has 1 amide bonds. The molecule has 0 aromatic heterocycles. The zero-order valence-corrected chi connectivity index (χ0v) is 12.5. The molecule has 0 aliphatic carbocycles. The molecule has 4 N–H and O–H groups in total. The summed E-state index contributed by atoms with van der Waals surface area (Å²) in [6.45, 7) is 4.23. The summed E-state index contributed by atoms with van der Waals surface area (Å²) in [5.74, 6) is -0.705. The molecule has 1 aromatic carbocycles. The van der Waals surface area contributed by atoms with E-state index in [1.807, 2.05) is 37.3 Å². The van der Waals surface area contributed by atoms with Crippen molar-refractivity contribution in [2.24, 2.45) is 17.4 Å². The fraction of sp³-hybridized carbons (Fsp3) is 0.500. The number of ketones is 1. The topological polar surface area (TPSA) is 89.4 Å². The van der Waals surface area contributed by atoms with Gasteiger partial charge in [-0.25, -0.2) is 0 Å². The van der Waals surface area contributed by atoms with Crippen LogP contribution in [0.5, 0.6) is 0 Å². The molecule has 4 atom stereocenters. The van der Waals surface area contributed by atoms with Gasteiger partial charge in [0, 0.05) is 12.0 Å². The first-order chi connectivity index (χ1) is 9.93. The molecule has 1 heterocycles. The van der Waals surface area contributed by atoms with Crippen LogP contribution in [0.15, 0.2) is 30.3 Å². The van der Waals surface area contributed by atoms with Crippen molar-refractivity contribution in [3.63, 3.8) is 0 Å². The van der Waals surface area contributed by atoms with Gasteiger partial charge in [-0.1, -0.05) is 30.3 Å². The SMILES string of the molecule is CC(=O)C(N)[C@@H]1CCN([C@@H](C)c2ccccc2)[C@@H]1C(N)=O. The average Bonchev–Trinajstić information content (AvgIpc) is 2.91. The summed E-state index contributed by atoms with van der Waals surface area (Å²) in [5.41, 5.74) is 12.7. The lowest BCUT2D eigenvalue weighted by atomic mass is 9.89. The van der Waals surface area contributed by atoms with Gasteiger partial charge >= 0.3 is 0 Å². The molecule has 21 heavy (non-hydrogen) atoms. The van der Waals surface area contributed by atoms with Crippen LogP contribution in [0.4, 0.5) is 0 Å². The quantitative estimate of drug-likeness (QED) is 0.840. The highest BCUT2D eigenvalue weighted by Gasteiger charge is 2.44. The number of hydrogen-bond acceptors (Lipinski definition) is 4. The lowest BCUT2D eigenvalue weighted by Gasteiger charge is -2.32.